The van der Waals surface area contributed by atoms with Gasteiger partial charge in [0, 0.05) is 32.3 Å². The molecule has 1 aliphatic heterocycles. The van der Waals surface area contributed by atoms with E-state index in [1.54, 1.807) is 6.92 Å². The van der Waals surface area contributed by atoms with E-state index >= 15 is 0 Å². The van der Waals surface area contributed by atoms with Gasteiger partial charge in [-0.1, -0.05) is 11.3 Å². The minimum Gasteiger partial charge on any atom is -0.393 e. The van der Waals surface area contributed by atoms with Crippen molar-refractivity contribution in [1.82, 2.24) is 19.9 Å². The molecule has 1 saturated heterocycles. The molecule has 0 aromatic carbocycles. The molecule has 2 aromatic rings. The highest BCUT2D eigenvalue weighted by Gasteiger charge is 2.24. The summed E-state index contributed by atoms with van der Waals surface area (Å²) in [5.74, 6) is 0.668. The lowest BCUT2D eigenvalue weighted by Crippen LogP contribution is -2.39. The van der Waals surface area contributed by atoms with E-state index < -0.39 is 6.10 Å². The molecule has 1 N–H and O–H groups in total. The number of carbonyl (C=O) groups excluding carboxylic acids is 1. The second-order valence-corrected chi connectivity index (χ2v) is 7.15. The predicted octanol–water partition coefficient (Wildman–Crippen LogP) is 1.82. The topological polar surface area (TPSA) is 71.2 Å². The van der Waals surface area contributed by atoms with Crippen LogP contribution in [-0.4, -0.2) is 50.1 Å². The lowest BCUT2D eigenvalue weighted by Gasteiger charge is -2.31. The summed E-state index contributed by atoms with van der Waals surface area (Å²) in [6.07, 6.45) is 4.03. The molecule has 23 heavy (non-hydrogen) atoms. The third kappa shape index (κ3) is 4.17. The number of thiophene rings is 1. The summed E-state index contributed by atoms with van der Waals surface area (Å²) in [4.78, 5) is 15.1. The van der Waals surface area contributed by atoms with Gasteiger partial charge in [0.05, 0.1) is 16.7 Å². The number of piperidine rings is 1. The number of likely N-dealkylation sites (tertiary alicyclic amines) is 1. The van der Waals surface area contributed by atoms with Crippen molar-refractivity contribution in [2.75, 3.05) is 13.1 Å². The molecule has 0 saturated carbocycles. The second kappa shape index (κ2) is 7.23. The second-order valence-electron chi connectivity index (χ2n) is 6.20. The van der Waals surface area contributed by atoms with Crippen molar-refractivity contribution in [2.24, 2.45) is 5.92 Å². The van der Waals surface area contributed by atoms with Gasteiger partial charge in [0.2, 0.25) is 0 Å². The Labute approximate surface area is 139 Å². The maximum atomic E-state index is 12.3. The van der Waals surface area contributed by atoms with Gasteiger partial charge in [-0.25, -0.2) is 0 Å². The van der Waals surface area contributed by atoms with Crippen LogP contribution in [0.3, 0.4) is 0 Å². The number of hydrogen-bond acceptors (Lipinski definition) is 5. The van der Waals surface area contributed by atoms with Crippen molar-refractivity contribution in [3.05, 3.63) is 34.3 Å². The van der Waals surface area contributed by atoms with E-state index in [1.165, 1.54) is 11.3 Å². The van der Waals surface area contributed by atoms with E-state index in [0.717, 1.165) is 43.0 Å². The van der Waals surface area contributed by atoms with Crippen LogP contribution in [0.4, 0.5) is 0 Å². The fourth-order valence-corrected chi connectivity index (χ4v) is 3.65. The Morgan fingerprint density at radius 3 is 2.91 bits per heavy atom. The zero-order chi connectivity index (χ0) is 16.2. The number of hydrogen-bond donors (Lipinski definition) is 1. The largest absolute Gasteiger partial charge is 0.393 e. The van der Waals surface area contributed by atoms with Crippen molar-refractivity contribution in [3.8, 4) is 0 Å². The average molecular weight is 334 g/mol. The number of rotatable bonds is 5. The molecule has 0 radical (unpaired) electrons. The summed E-state index contributed by atoms with van der Waals surface area (Å²) in [5.41, 5.74) is 0.824. The first-order chi connectivity index (χ1) is 11.1. The Balaban J connectivity index is 1.49. The quantitative estimate of drug-likeness (QED) is 0.905. The smallest absolute Gasteiger partial charge is 0.263 e. The van der Waals surface area contributed by atoms with Gasteiger partial charge in [0.25, 0.3) is 5.91 Å². The Bertz CT molecular complexity index is 630. The highest BCUT2D eigenvalue weighted by atomic mass is 32.1. The van der Waals surface area contributed by atoms with Gasteiger partial charge in [-0.3, -0.25) is 9.48 Å². The Hall–Kier alpha value is -1.73. The minimum atomic E-state index is -0.397. The lowest BCUT2D eigenvalue weighted by atomic mass is 9.96. The van der Waals surface area contributed by atoms with Crippen molar-refractivity contribution < 1.29 is 9.90 Å². The van der Waals surface area contributed by atoms with E-state index in [4.69, 9.17) is 0 Å². The molecular weight excluding hydrogens is 312 g/mol. The Kier molecular flexibility index (Phi) is 5.07. The first kappa shape index (κ1) is 16.1. The van der Waals surface area contributed by atoms with Gasteiger partial charge in [-0.2, -0.15) is 0 Å². The summed E-state index contributed by atoms with van der Waals surface area (Å²) >= 11 is 1.50. The molecule has 1 atom stereocenters. The maximum Gasteiger partial charge on any atom is 0.263 e. The van der Waals surface area contributed by atoms with Crippen LogP contribution in [0.15, 0.2) is 23.7 Å². The third-order valence-electron chi connectivity index (χ3n) is 4.17. The SMILES string of the molecule is C[C@H](O)Cc1cn(CC2CCN(C(=O)c3cccs3)CC2)nn1. The average Bonchev–Trinajstić information content (AvgIpc) is 3.19. The Morgan fingerprint density at radius 1 is 1.48 bits per heavy atom. The van der Waals surface area contributed by atoms with Crippen molar-refractivity contribution in [2.45, 2.75) is 38.8 Å². The number of nitrogens with zero attached hydrogens (tertiary/aromatic N) is 4. The molecule has 1 fully saturated rings. The van der Waals surface area contributed by atoms with E-state index in [2.05, 4.69) is 10.3 Å². The normalized spacial score (nSPS) is 17.4. The number of aliphatic hydroxyl groups excluding tert-OH is 1. The summed E-state index contributed by atoms with van der Waals surface area (Å²) in [5, 5.41) is 19.5. The zero-order valence-electron chi connectivity index (χ0n) is 13.3. The molecule has 1 aliphatic rings. The minimum absolute atomic E-state index is 0.151. The van der Waals surface area contributed by atoms with Crippen LogP contribution < -0.4 is 0 Å². The molecule has 0 spiro atoms. The zero-order valence-corrected chi connectivity index (χ0v) is 14.1. The van der Waals surface area contributed by atoms with E-state index in [1.807, 2.05) is 33.3 Å². The molecule has 0 aliphatic carbocycles. The summed E-state index contributed by atoms with van der Waals surface area (Å²) < 4.78 is 1.86. The number of aliphatic hydroxyl groups is 1. The van der Waals surface area contributed by atoms with Crippen LogP contribution in [0.5, 0.6) is 0 Å². The molecule has 124 valence electrons. The number of amides is 1. The summed E-state index contributed by atoms with van der Waals surface area (Å²) in [6, 6.07) is 3.80. The lowest BCUT2D eigenvalue weighted by molar-refractivity contribution is 0.0686. The van der Waals surface area contributed by atoms with Crippen LogP contribution in [0.2, 0.25) is 0 Å². The monoisotopic (exact) mass is 334 g/mol. The van der Waals surface area contributed by atoms with Crippen LogP contribution in [0.25, 0.3) is 0 Å². The van der Waals surface area contributed by atoms with Crippen LogP contribution in [-0.2, 0) is 13.0 Å². The van der Waals surface area contributed by atoms with Gasteiger partial charge in [0.1, 0.15) is 0 Å². The van der Waals surface area contributed by atoms with E-state index in [0.29, 0.717) is 12.3 Å². The molecule has 2 aromatic heterocycles. The van der Waals surface area contributed by atoms with Gasteiger partial charge in [-0.15, -0.1) is 16.4 Å². The number of carbonyl (C=O) groups is 1. The molecule has 7 heteroatoms. The fourth-order valence-electron chi connectivity index (χ4n) is 2.96. The maximum absolute atomic E-state index is 12.3. The Morgan fingerprint density at radius 2 is 2.26 bits per heavy atom. The molecule has 0 unspecified atom stereocenters. The van der Waals surface area contributed by atoms with E-state index in [9.17, 15) is 9.90 Å². The molecule has 0 bridgehead atoms. The summed E-state index contributed by atoms with van der Waals surface area (Å²) in [6.45, 7) is 4.18. The van der Waals surface area contributed by atoms with Crippen molar-refractivity contribution in [1.29, 1.82) is 0 Å². The highest BCUT2D eigenvalue weighted by molar-refractivity contribution is 7.12. The third-order valence-corrected chi connectivity index (χ3v) is 5.03. The van der Waals surface area contributed by atoms with Gasteiger partial charge < -0.3 is 10.0 Å². The molecular formula is C16H22N4O2S. The first-order valence-electron chi connectivity index (χ1n) is 8.01. The molecule has 3 rings (SSSR count). The van der Waals surface area contributed by atoms with Crippen LogP contribution >= 0.6 is 11.3 Å². The van der Waals surface area contributed by atoms with Crippen LogP contribution in [0.1, 0.15) is 35.1 Å². The van der Waals surface area contributed by atoms with Crippen molar-refractivity contribution >= 4 is 17.2 Å². The highest BCUT2D eigenvalue weighted by Crippen LogP contribution is 2.22. The molecule has 1 amide bonds. The first-order valence-corrected chi connectivity index (χ1v) is 8.89. The molecule has 6 nitrogen and oxygen atoms in total. The van der Waals surface area contributed by atoms with Crippen LogP contribution in [0, 0.1) is 5.92 Å². The van der Waals surface area contributed by atoms with Gasteiger partial charge in [0.15, 0.2) is 0 Å². The molecule has 3 heterocycles. The number of aromatic nitrogens is 3. The van der Waals surface area contributed by atoms with E-state index in [-0.39, 0.29) is 5.91 Å². The van der Waals surface area contributed by atoms with Gasteiger partial charge in [-0.05, 0) is 37.1 Å². The standard InChI is InChI=1S/C16H22N4O2S/c1-12(21)9-14-11-20(18-17-14)10-13-4-6-19(7-5-13)16(22)15-3-2-8-23-15/h2-3,8,11-13,21H,4-7,9-10H2,1H3/t12-/m0/s1. The predicted molar refractivity (Wildman–Crippen MR) is 88.4 cm³/mol. The van der Waals surface area contributed by atoms with Crippen molar-refractivity contribution in [3.63, 3.8) is 0 Å². The summed E-state index contributed by atoms with van der Waals surface area (Å²) in [7, 11) is 0. The van der Waals surface area contributed by atoms with Gasteiger partial charge >= 0.3 is 0 Å². The fraction of sp³-hybridized carbons (Fsp3) is 0.562.